The Hall–Kier alpha value is -1.58. The molecule has 2 nitrogen and oxygen atoms in total. The smallest absolute Gasteiger partial charge is 0.171 e. The van der Waals surface area contributed by atoms with Crippen molar-refractivity contribution in [1.82, 2.24) is 9.47 Å². The molecule has 3 atom stereocenters. The summed E-state index contributed by atoms with van der Waals surface area (Å²) in [5, 5.41) is 1.59. The number of hydrogen-bond acceptors (Lipinski definition) is 2. The SMILES string of the molecule is C=C(C)C1(CC)c2ccccc2[N+]2(C)c3ccc(CCC)nc3SC2C1(C)C. The molecule has 4 rings (SSSR count). The Bertz CT molecular complexity index is 947. The number of aromatic nitrogens is 1. The first-order valence-corrected chi connectivity index (χ1v) is 11.4. The summed E-state index contributed by atoms with van der Waals surface area (Å²) in [7, 11) is 2.39. The Morgan fingerprint density at radius 3 is 2.50 bits per heavy atom. The third kappa shape index (κ3) is 2.23. The molecule has 3 unspecified atom stereocenters. The monoisotopic (exact) mass is 393 g/mol. The van der Waals surface area contributed by atoms with Crippen LogP contribution in [0.1, 0.15) is 58.7 Å². The van der Waals surface area contributed by atoms with Crippen LogP contribution in [0.15, 0.2) is 53.6 Å². The molecule has 28 heavy (non-hydrogen) atoms. The summed E-state index contributed by atoms with van der Waals surface area (Å²) in [5.74, 6) is 0. The van der Waals surface area contributed by atoms with Crippen LogP contribution >= 0.6 is 11.8 Å². The minimum Gasteiger partial charge on any atom is -0.247 e. The second-order valence-electron chi connectivity index (χ2n) is 9.20. The number of hydrogen-bond donors (Lipinski definition) is 0. The van der Waals surface area contributed by atoms with E-state index < -0.39 is 0 Å². The third-order valence-electron chi connectivity index (χ3n) is 7.44. The highest BCUT2D eigenvalue weighted by Gasteiger charge is 2.66. The molecule has 2 aliphatic heterocycles. The number of aryl methyl sites for hydroxylation is 1. The fraction of sp³-hybridized carbons (Fsp3) is 0.480. The van der Waals surface area contributed by atoms with Gasteiger partial charge in [0, 0.05) is 28.2 Å². The zero-order chi connectivity index (χ0) is 20.3. The second-order valence-corrected chi connectivity index (χ2v) is 10.3. The fourth-order valence-corrected chi connectivity index (χ4v) is 7.91. The molecule has 1 aromatic heterocycles. The Balaban J connectivity index is 2.03. The molecule has 0 spiro atoms. The predicted molar refractivity (Wildman–Crippen MR) is 122 cm³/mol. The normalized spacial score (nSPS) is 29.7. The number of pyridine rings is 1. The van der Waals surface area contributed by atoms with Crippen molar-refractivity contribution >= 4 is 23.1 Å². The molecule has 0 amide bonds. The minimum atomic E-state index is -0.0344. The lowest BCUT2D eigenvalue weighted by molar-refractivity contribution is 0.109. The maximum Gasteiger partial charge on any atom is 0.171 e. The first kappa shape index (κ1) is 19.7. The summed E-state index contributed by atoms with van der Waals surface area (Å²) in [6.07, 6.45) is 3.25. The van der Waals surface area contributed by atoms with Crippen LogP contribution in [0.25, 0.3) is 0 Å². The molecule has 3 heterocycles. The van der Waals surface area contributed by atoms with Crippen molar-refractivity contribution in [2.24, 2.45) is 5.41 Å². The molecule has 2 aliphatic rings. The topological polar surface area (TPSA) is 12.9 Å². The molecule has 0 radical (unpaired) electrons. The van der Waals surface area contributed by atoms with Crippen molar-refractivity contribution in [3.8, 4) is 0 Å². The number of para-hydroxylation sites is 1. The average molecular weight is 394 g/mol. The average Bonchev–Trinajstić information content (AvgIpc) is 2.97. The molecule has 1 aromatic carbocycles. The van der Waals surface area contributed by atoms with Crippen LogP contribution in [0.3, 0.4) is 0 Å². The van der Waals surface area contributed by atoms with Crippen LogP contribution in [0, 0.1) is 5.41 Å². The lowest BCUT2D eigenvalue weighted by Crippen LogP contribution is -2.63. The zero-order valence-electron chi connectivity index (χ0n) is 18.2. The van der Waals surface area contributed by atoms with Gasteiger partial charge in [-0.1, -0.05) is 64.5 Å². The van der Waals surface area contributed by atoms with Crippen molar-refractivity contribution in [1.29, 1.82) is 0 Å². The summed E-state index contributed by atoms with van der Waals surface area (Å²) >= 11 is 1.98. The number of nitrogens with zero attached hydrogens (tertiary/aromatic N) is 2. The standard InChI is InChI=1S/C25H33N2S/c1-8-12-18-15-16-21-22(26-18)28-23-24(5,6)25(9-2,17(3)4)19-13-10-11-14-20(19)27(21,23)7/h10-11,13-16,23H,3,8-9,12H2,1-2,4-7H3/q+1. The van der Waals surface area contributed by atoms with Gasteiger partial charge in [0.1, 0.15) is 5.69 Å². The van der Waals surface area contributed by atoms with Crippen LogP contribution < -0.4 is 4.48 Å². The van der Waals surface area contributed by atoms with Gasteiger partial charge in [-0.2, -0.15) is 0 Å². The van der Waals surface area contributed by atoms with Gasteiger partial charge in [0.25, 0.3) is 0 Å². The number of thioether (sulfide) groups is 1. The molecule has 148 valence electrons. The van der Waals surface area contributed by atoms with E-state index in [4.69, 9.17) is 4.98 Å². The highest BCUT2D eigenvalue weighted by Crippen LogP contribution is 2.68. The Morgan fingerprint density at radius 2 is 1.86 bits per heavy atom. The van der Waals surface area contributed by atoms with Crippen molar-refractivity contribution in [2.45, 2.75) is 69.7 Å². The van der Waals surface area contributed by atoms with Gasteiger partial charge >= 0.3 is 0 Å². The fourth-order valence-electron chi connectivity index (χ4n) is 6.22. The molecule has 2 aromatic rings. The second kappa shape index (κ2) is 6.47. The first-order valence-electron chi connectivity index (χ1n) is 10.5. The quantitative estimate of drug-likeness (QED) is 0.410. The van der Waals surface area contributed by atoms with Crippen LogP contribution in [0.4, 0.5) is 11.4 Å². The molecule has 0 N–H and O–H groups in total. The first-order chi connectivity index (χ1) is 13.2. The van der Waals surface area contributed by atoms with Crippen molar-refractivity contribution in [3.05, 3.63) is 59.8 Å². The summed E-state index contributed by atoms with van der Waals surface area (Å²) in [6.45, 7) is 16.2. The van der Waals surface area contributed by atoms with Gasteiger partial charge < -0.3 is 0 Å². The summed E-state index contributed by atoms with van der Waals surface area (Å²) in [6, 6.07) is 13.6. The molecular weight excluding hydrogens is 360 g/mol. The molecule has 0 saturated heterocycles. The van der Waals surface area contributed by atoms with Gasteiger partial charge in [-0.05, 0) is 43.7 Å². The van der Waals surface area contributed by atoms with Crippen LogP contribution in [-0.4, -0.2) is 17.4 Å². The van der Waals surface area contributed by atoms with E-state index in [0.717, 1.165) is 23.7 Å². The number of fused-ring (bicyclic) bond motifs is 5. The molecule has 0 bridgehead atoms. The Kier molecular flexibility index (Phi) is 4.55. The highest BCUT2D eigenvalue weighted by molar-refractivity contribution is 8.00. The summed E-state index contributed by atoms with van der Waals surface area (Å²) in [5.41, 5.74) is 6.69. The number of quaternary nitrogens is 1. The number of allylic oxidation sites excluding steroid dienone is 1. The lowest BCUT2D eigenvalue weighted by atomic mass is 9.54. The molecule has 0 fully saturated rings. The van der Waals surface area contributed by atoms with Gasteiger partial charge in [0.2, 0.25) is 0 Å². The number of benzene rings is 1. The predicted octanol–water partition coefficient (Wildman–Crippen LogP) is 7.00. The maximum absolute atomic E-state index is 5.09. The zero-order valence-corrected chi connectivity index (χ0v) is 19.0. The van der Waals surface area contributed by atoms with E-state index in [9.17, 15) is 0 Å². The number of rotatable bonds is 4. The van der Waals surface area contributed by atoms with Crippen LogP contribution in [0.5, 0.6) is 0 Å². The van der Waals surface area contributed by atoms with Gasteiger partial charge in [-0.25, -0.2) is 9.47 Å². The Labute approximate surface area is 174 Å². The van der Waals surface area contributed by atoms with E-state index in [0.29, 0.717) is 5.37 Å². The van der Waals surface area contributed by atoms with Gasteiger partial charge in [-0.3, -0.25) is 0 Å². The van der Waals surface area contributed by atoms with Gasteiger partial charge in [0.05, 0.1) is 7.05 Å². The summed E-state index contributed by atoms with van der Waals surface area (Å²) in [4.78, 5) is 5.09. The van der Waals surface area contributed by atoms with Gasteiger partial charge in [-0.15, -0.1) is 0 Å². The van der Waals surface area contributed by atoms with E-state index >= 15 is 0 Å². The molecular formula is C25H33N2S+. The van der Waals surface area contributed by atoms with Gasteiger partial charge in [0.15, 0.2) is 16.1 Å². The van der Waals surface area contributed by atoms with Crippen molar-refractivity contribution in [3.63, 3.8) is 0 Å². The van der Waals surface area contributed by atoms with E-state index in [-0.39, 0.29) is 10.8 Å². The van der Waals surface area contributed by atoms with E-state index in [2.05, 4.69) is 84.6 Å². The third-order valence-corrected chi connectivity index (χ3v) is 9.20. The van der Waals surface area contributed by atoms with Crippen LogP contribution in [0.2, 0.25) is 0 Å². The van der Waals surface area contributed by atoms with Crippen molar-refractivity contribution < 1.29 is 0 Å². The highest BCUT2D eigenvalue weighted by atomic mass is 32.2. The van der Waals surface area contributed by atoms with Crippen LogP contribution in [-0.2, 0) is 11.8 Å². The Morgan fingerprint density at radius 1 is 1.14 bits per heavy atom. The molecule has 0 saturated carbocycles. The lowest BCUT2D eigenvalue weighted by Gasteiger charge is -2.58. The molecule has 3 heteroatoms. The van der Waals surface area contributed by atoms with E-state index in [1.54, 1.807) is 0 Å². The van der Waals surface area contributed by atoms with E-state index in [1.807, 2.05) is 11.8 Å². The molecule has 0 aliphatic carbocycles. The minimum absolute atomic E-state index is 0.0344. The summed E-state index contributed by atoms with van der Waals surface area (Å²) < 4.78 is 0.831. The van der Waals surface area contributed by atoms with E-state index in [1.165, 1.54) is 33.2 Å². The maximum atomic E-state index is 5.09. The largest absolute Gasteiger partial charge is 0.247 e. The van der Waals surface area contributed by atoms with Crippen molar-refractivity contribution in [2.75, 3.05) is 7.05 Å².